The van der Waals surface area contributed by atoms with E-state index in [0.717, 1.165) is 15.7 Å². The van der Waals surface area contributed by atoms with Crippen LogP contribution in [0.5, 0.6) is 0 Å². The lowest BCUT2D eigenvalue weighted by Gasteiger charge is -2.10. The Bertz CT molecular complexity index is 602. The second-order valence-electron chi connectivity index (χ2n) is 4.23. The van der Waals surface area contributed by atoms with Gasteiger partial charge in [0.15, 0.2) is 0 Å². The standard InChI is InChI=1S/C15H15BrN2O2/c16-14-7-2-1-4-11(14)9-17-12-5-3-6-13(8-12)18-15(20)10-19/h1-8,17,19H,9-10H2,(H,18,20). The summed E-state index contributed by atoms with van der Waals surface area (Å²) >= 11 is 3.50. The van der Waals surface area contributed by atoms with Gasteiger partial charge in [-0.05, 0) is 29.8 Å². The maximum absolute atomic E-state index is 11.1. The third kappa shape index (κ3) is 4.08. The molecule has 5 heteroatoms. The van der Waals surface area contributed by atoms with E-state index < -0.39 is 12.5 Å². The van der Waals surface area contributed by atoms with E-state index in [1.54, 1.807) is 6.07 Å². The normalized spacial score (nSPS) is 10.1. The first-order valence-corrected chi connectivity index (χ1v) is 6.96. The van der Waals surface area contributed by atoms with Crippen molar-refractivity contribution >= 4 is 33.2 Å². The third-order valence-electron chi connectivity index (χ3n) is 2.73. The van der Waals surface area contributed by atoms with Crippen molar-refractivity contribution in [2.24, 2.45) is 0 Å². The van der Waals surface area contributed by atoms with Crippen LogP contribution >= 0.6 is 15.9 Å². The van der Waals surface area contributed by atoms with Gasteiger partial charge in [-0.15, -0.1) is 0 Å². The van der Waals surface area contributed by atoms with Gasteiger partial charge in [-0.3, -0.25) is 4.79 Å². The van der Waals surface area contributed by atoms with E-state index in [9.17, 15) is 4.79 Å². The van der Waals surface area contributed by atoms with Gasteiger partial charge in [-0.1, -0.05) is 40.2 Å². The summed E-state index contributed by atoms with van der Waals surface area (Å²) in [5, 5.41) is 14.6. The molecule has 0 radical (unpaired) electrons. The summed E-state index contributed by atoms with van der Waals surface area (Å²) in [6.07, 6.45) is 0. The second kappa shape index (κ2) is 7.07. The van der Waals surface area contributed by atoms with Crippen LogP contribution in [-0.2, 0) is 11.3 Å². The number of rotatable bonds is 5. The highest BCUT2D eigenvalue weighted by Crippen LogP contribution is 2.19. The Morgan fingerprint density at radius 3 is 2.60 bits per heavy atom. The molecule has 2 rings (SSSR count). The monoisotopic (exact) mass is 334 g/mol. The van der Waals surface area contributed by atoms with Crippen LogP contribution < -0.4 is 10.6 Å². The molecule has 2 aromatic carbocycles. The Morgan fingerprint density at radius 2 is 1.85 bits per heavy atom. The molecule has 104 valence electrons. The molecule has 1 amide bonds. The van der Waals surface area contributed by atoms with Crippen LogP contribution in [0.15, 0.2) is 53.0 Å². The zero-order valence-electron chi connectivity index (χ0n) is 10.8. The molecule has 3 N–H and O–H groups in total. The molecule has 0 aliphatic heterocycles. The molecular formula is C15H15BrN2O2. The van der Waals surface area contributed by atoms with Crippen molar-refractivity contribution in [1.82, 2.24) is 0 Å². The van der Waals surface area contributed by atoms with Gasteiger partial charge in [0.2, 0.25) is 5.91 Å². The number of aliphatic hydroxyl groups excluding tert-OH is 1. The van der Waals surface area contributed by atoms with Crippen molar-refractivity contribution in [3.63, 3.8) is 0 Å². The van der Waals surface area contributed by atoms with E-state index in [4.69, 9.17) is 5.11 Å². The summed E-state index contributed by atoms with van der Waals surface area (Å²) in [7, 11) is 0. The molecule has 0 unspecified atom stereocenters. The van der Waals surface area contributed by atoms with Gasteiger partial charge < -0.3 is 15.7 Å². The SMILES string of the molecule is O=C(CO)Nc1cccc(NCc2ccccc2Br)c1. The summed E-state index contributed by atoms with van der Waals surface area (Å²) in [6.45, 7) is 0.160. The first-order chi connectivity index (χ1) is 9.69. The lowest BCUT2D eigenvalue weighted by atomic mass is 10.2. The van der Waals surface area contributed by atoms with Gasteiger partial charge in [0, 0.05) is 22.4 Å². The number of carbonyl (C=O) groups is 1. The van der Waals surface area contributed by atoms with E-state index in [1.165, 1.54) is 0 Å². The Hall–Kier alpha value is -1.85. The Kier molecular flexibility index (Phi) is 5.15. The lowest BCUT2D eigenvalue weighted by molar-refractivity contribution is -0.118. The highest BCUT2D eigenvalue weighted by atomic mass is 79.9. The van der Waals surface area contributed by atoms with Gasteiger partial charge in [0.05, 0.1) is 0 Å². The molecule has 0 atom stereocenters. The molecule has 0 fully saturated rings. The number of aliphatic hydroxyl groups is 1. The highest BCUT2D eigenvalue weighted by molar-refractivity contribution is 9.10. The topological polar surface area (TPSA) is 61.4 Å². The maximum Gasteiger partial charge on any atom is 0.250 e. The number of nitrogens with one attached hydrogen (secondary N) is 2. The van der Waals surface area contributed by atoms with Crippen molar-refractivity contribution in [2.75, 3.05) is 17.2 Å². The number of amides is 1. The van der Waals surface area contributed by atoms with Gasteiger partial charge in [-0.25, -0.2) is 0 Å². The minimum absolute atomic E-state index is 0.423. The van der Waals surface area contributed by atoms with Crippen LogP contribution in [0.2, 0.25) is 0 Å². The van der Waals surface area contributed by atoms with Gasteiger partial charge in [-0.2, -0.15) is 0 Å². The smallest absolute Gasteiger partial charge is 0.250 e. The summed E-state index contributed by atoms with van der Waals surface area (Å²) in [5.41, 5.74) is 2.70. The molecule has 0 bridgehead atoms. The largest absolute Gasteiger partial charge is 0.387 e. The Balaban J connectivity index is 2.01. The van der Waals surface area contributed by atoms with Crippen LogP contribution in [0.25, 0.3) is 0 Å². The Morgan fingerprint density at radius 1 is 1.10 bits per heavy atom. The third-order valence-corrected chi connectivity index (χ3v) is 3.50. The average molecular weight is 335 g/mol. The number of hydrogen-bond acceptors (Lipinski definition) is 3. The van der Waals surface area contributed by atoms with Crippen LogP contribution in [0, 0.1) is 0 Å². The fraction of sp³-hybridized carbons (Fsp3) is 0.133. The number of halogens is 1. The van der Waals surface area contributed by atoms with Crippen LogP contribution in [0.3, 0.4) is 0 Å². The molecule has 0 aliphatic carbocycles. The van der Waals surface area contributed by atoms with E-state index in [0.29, 0.717) is 12.2 Å². The first kappa shape index (κ1) is 14.6. The molecule has 0 saturated carbocycles. The lowest BCUT2D eigenvalue weighted by Crippen LogP contribution is -2.15. The predicted molar refractivity (Wildman–Crippen MR) is 83.6 cm³/mol. The fourth-order valence-electron chi connectivity index (χ4n) is 1.75. The fourth-order valence-corrected chi connectivity index (χ4v) is 2.17. The minimum atomic E-state index is -0.519. The molecule has 0 saturated heterocycles. The number of carbonyl (C=O) groups excluding carboxylic acids is 1. The minimum Gasteiger partial charge on any atom is -0.387 e. The molecule has 0 aromatic heterocycles. The molecule has 20 heavy (non-hydrogen) atoms. The molecule has 2 aromatic rings. The van der Waals surface area contributed by atoms with Crippen molar-refractivity contribution in [1.29, 1.82) is 0 Å². The molecular weight excluding hydrogens is 320 g/mol. The summed E-state index contributed by atoms with van der Waals surface area (Å²) in [6, 6.07) is 15.4. The molecule has 4 nitrogen and oxygen atoms in total. The average Bonchev–Trinajstić information content (AvgIpc) is 2.47. The van der Waals surface area contributed by atoms with Crippen molar-refractivity contribution in [3.8, 4) is 0 Å². The molecule has 0 aliphatic rings. The van der Waals surface area contributed by atoms with Gasteiger partial charge in [0.25, 0.3) is 0 Å². The second-order valence-corrected chi connectivity index (χ2v) is 5.09. The Labute approximate surface area is 126 Å². The van der Waals surface area contributed by atoms with Crippen molar-refractivity contribution in [3.05, 3.63) is 58.6 Å². The van der Waals surface area contributed by atoms with Gasteiger partial charge in [0.1, 0.15) is 6.61 Å². The highest BCUT2D eigenvalue weighted by Gasteiger charge is 2.02. The van der Waals surface area contributed by atoms with E-state index in [-0.39, 0.29) is 0 Å². The van der Waals surface area contributed by atoms with Crippen LogP contribution in [0.1, 0.15) is 5.56 Å². The summed E-state index contributed by atoms with van der Waals surface area (Å²) in [5.74, 6) is -0.423. The van der Waals surface area contributed by atoms with Gasteiger partial charge >= 0.3 is 0 Å². The number of anilines is 2. The predicted octanol–water partition coefficient (Wildman–Crippen LogP) is 2.99. The van der Waals surface area contributed by atoms with Crippen LogP contribution in [-0.4, -0.2) is 17.6 Å². The number of hydrogen-bond donors (Lipinski definition) is 3. The van der Waals surface area contributed by atoms with Crippen molar-refractivity contribution in [2.45, 2.75) is 6.54 Å². The summed E-state index contributed by atoms with van der Waals surface area (Å²) in [4.78, 5) is 11.1. The maximum atomic E-state index is 11.1. The molecule has 0 heterocycles. The molecule has 0 spiro atoms. The number of benzene rings is 2. The van der Waals surface area contributed by atoms with E-state index >= 15 is 0 Å². The first-order valence-electron chi connectivity index (χ1n) is 6.17. The zero-order valence-corrected chi connectivity index (χ0v) is 12.4. The van der Waals surface area contributed by atoms with E-state index in [2.05, 4.69) is 26.6 Å². The van der Waals surface area contributed by atoms with Crippen molar-refractivity contribution < 1.29 is 9.90 Å². The zero-order chi connectivity index (χ0) is 14.4. The van der Waals surface area contributed by atoms with Crippen LogP contribution in [0.4, 0.5) is 11.4 Å². The quantitative estimate of drug-likeness (QED) is 0.787. The van der Waals surface area contributed by atoms with E-state index in [1.807, 2.05) is 42.5 Å². The summed E-state index contributed by atoms with van der Waals surface area (Å²) < 4.78 is 1.05.